The molecule has 0 unspecified atom stereocenters. The first-order chi connectivity index (χ1) is 8.49. The third kappa shape index (κ3) is 5.65. The van der Waals surface area contributed by atoms with E-state index in [1.165, 1.54) is 5.56 Å². The maximum atomic E-state index is 11.5. The van der Waals surface area contributed by atoms with Crippen LogP contribution in [0.5, 0.6) is 0 Å². The van der Waals surface area contributed by atoms with E-state index in [-0.39, 0.29) is 18.0 Å². The minimum atomic E-state index is 0.0962. The molecule has 0 spiro atoms. The molecule has 18 heavy (non-hydrogen) atoms. The summed E-state index contributed by atoms with van der Waals surface area (Å²) in [5, 5.41) is 6.23. The predicted octanol–water partition coefficient (Wildman–Crippen LogP) is 3.01. The van der Waals surface area contributed by atoms with Crippen LogP contribution < -0.4 is 10.6 Å². The molecule has 0 saturated heterocycles. The van der Waals surface area contributed by atoms with Gasteiger partial charge in [-0.05, 0) is 38.5 Å². The molecule has 3 nitrogen and oxygen atoms in total. The quantitative estimate of drug-likeness (QED) is 0.847. The standard InChI is InChI=1S/C14H21BrN2O/c1-10(2)17-14(18)7-8-16-11(3)12-5-4-6-13(15)9-12/h4-6,9-11,16H,7-8H2,1-3H3,(H,17,18)/t11-/m0/s1. The molecule has 0 bridgehead atoms. The smallest absolute Gasteiger partial charge is 0.221 e. The van der Waals surface area contributed by atoms with E-state index in [0.717, 1.165) is 4.47 Å². The molecule has 1 amide bonds. The molecule has 1 atom stereocenters. The molecule has 0 fully saturated rings. The third-order valence-electron chi connectivity index (χ3n) is 2.60. The molecule has 4 heteroatoms. The van der Waals surface area contributed by atoms with Crippen molar-refractivity contribution in [3.8, 4) is 0 Å². The van der Waals surface area contributed by atoms with Gasteiger partial charge in [0.1, 0.15) is 0 Å². The van der Waals surface area contributed by atoms with Crippen LogP contribution in [-0.4, -0.2) is 18.5 Å². The molecule has 0 aromatic heterocycles. The summed E-state index contributed by atoms with van der Waals surface area (Å²) in [6.45, 7) is 6.72. The first kappa shape index (κ1) is 15.2. The van der Waals surface area contributed by atoms with E-state index in [1.807, 2.05) is 26.0 Å². The van der Waals surface area contributed by atoms with Gasteiger partial charge < -0.3 is 10.6 Å². The average molecular weight is 313 g/mol. The van der Waals surface area contributed by atoms with Crippen molar-refractivity contribution < 1.29 is 4.79 Å². The Labute approximate surface area is 117 Å². The van der Waals surface area contributed by atoms with Gasteiger partial charge in [0.2, 0.25) is 5.91 Å². The van der Waals surface area contributed by atoms with Gasteiger partial charge in [0.05, 0.1) is 0 Å². The van der Waals surface area contributed by atoms with Crippen LogP contribution in [0.4, 0.5) is 0 Å². The van der Waals surface area contributed by atoms with Gasteiger partial charge in [-0.25, -0.2) is 0 Å². The fraction of sp³-hybridized carbons (Fsp3) is 0.500. The lowest BCUT2D eigenvalue weighted by Crippen LogP contribution is -2.33. The summed E-state index contributed by atoms with van der Waals surface area (Å²) in [5.41, 5.74) is 1.22. The summed E-state index contributed by atoms with van der Waals surface area (Å²) in [7, 11) is 0. The van der Waals surface area contributed by atoms with Gasteiger partial charge in [0.15, 0.2) is 0 Å². The number of carbonyl (C=O) groups excluding carboxylic acids is 1. The predicted molar refractivity (Wildman–Crippen MR) is 78.5 cm³/mol. The van der Waals surface area contributed by atoms with Crippen LogP contribution in [0, 0.1) is 0 Å². The fourth-order valence-electron chi connectivity index (χ4n) is 1.69. The first-order valence-corrected chi connectivity index (χ1v) is 7.06. The van der Waals surface area contributed by atoms with Gasteiger partial charge in [-0.3, -0.25) is 4.79 Å². The van der Waals surface area contributed by atoms with Gasteiger partial charge in [-0.2, -0.15) is 0 Å². The number of carbonyl (C=O) groups is 1. The molecule has 0 radical (unpaired) electrons. The van der Waals surface area contributed by atoms with Crippen molar-refractivity contribution in [2.45, 2.75) is 39.3 Å². The summed E-state index contributed by atoms with van der Waals surface area (Å²) in [5.74, 6) is 0.0962. The zero-order chi connectivity index (χ0) is 13.5. The van der Waals surface area contributed by atoms with Crippen LogP contribution in [0.25, 0.3) is 0 Å². The van der Waals surface area contributed by atoms with E-state index >= 15 is 0 Å². The Morgan fingerprint density at radius 2 is 2.06 bits per heavy atom. The Hall–Kier alpha value is -0.870. The van der Waals surface area contributed by atoms with Gasteiger partial charge in [-0.15, -0.1) is 0 Å². The highest BCUT2D eigenvalue weighted by atomic mass is 79.9. The van der Waals surface area contributed by atoms with Gasteiger partial charge >= 0.3 is 0 Å². The SMILES string of the molecule is CC(C)NC(=O)CCN[C@@H](C)c1cccc(Br)c1. The highest BCUT2D eigenvalue weighted by Crippen LogP contribution is 2.17. The molecule has 1 aromatic carbocycles. The van der Waals surface area contributed by atoms with Crippen LogP contribution in [0.3, 0.4) is 0 Å². The zero-order valence-corrected chi connectivity index (χ0v) is 12.8. The molecule has 1 rings (SSSR count). The minimum Gasteiger partial charge on any atom is -0.354 e. The minimum absolute atomic E-state index is 0.0962. The van der Waals surface area contributed by atoms with E-state index in [2.05, 4.69) is 45.6 Å². The monoisotopic (exact) mass is 312 g/mol. The van der Waals surface area contributed by atoms with Gasteiger partial charge in [0, 0.05) is 29.5 Å². The van der Waals surface area contributed by atoms with Crippen LogP contribution in [0.15, 0.2) is 28.7 Å². The number of halogens is 1. The van der Waals surface area contributed by atoms with Crippen LogP contribution in [0.2, 0.25) is 0 Å². The largest absolute Gasteiger partial charge is 0.354 e. The molecule has 100 valence electrons. The second-order valence-corrected chi connectivity index (χ2v) is 5.62. The Morgan fingerprint density at radius 3 is 2.67 bits per heavy atom. The molecule has 1 aromatic rings. The topological polar surface area (TPSA) is 41.1 Å². The summed E-state index contributed by atoms with van der Waals surface area (Å²) in [4.78, 5) is 11.5. The molecular formula is C14H21BrN2O. The molecule has 0 aliphatic carbocycles. The van der Waals surface area contributed by atoms with Gasteiger partial charge in [0.25, 0.3) is 0 Å². The van der Waals surface area contributed by atoms with E-state index in [9.17, 15) is 4.79 Å². The Bertz CT molecular complexity index is 393. The number of hydrogen-bond donors (Lipinski definition) is 2. The van der Waals surface area contributed by atoms with Crippen molar-refractivity contribution in [2.75, 3.05) is 6.54 Å². The van der Waals surface area contributed by atoms with Crippen molar-refractivity contribution in [1.82, 2.24) is 10.6 Å². The fourth-order valence-corrected chi connectivity index (χ4v) is 2.11. The van der Waals surface area contributed by atoms with Crippen LogP contribution in [-0.2, 0) is 4.79 Å². The summed E-state index contributed by atoms with van der Waals surface area (Å²) in [6, 6.07) is 8.65. The summed E-state index contributed by atoms with van der Waals surface area (Å²) in [6.07, 6.45) is 0.510. The zero-order valence-electron chi connectivity index (χ0n) is 11.2. The van der Waals surface area contributed by atoms with Crippen molar-refractivity contribution in [1.29, 1.82) is 0 Å². The number of nitrogens with one attached hydrogen (secondary N) is 2. The number of amides is 1. The molecular weight excluding hydrogens is 292 g/mol. The lowest BCUT2D eigenvalue weighted by molar-refractivity contribution is -0.121. The van der Waals surface area contributed by atoms with Crippen molar-refractivity contribution >= 4 is 21.8 Å². The Kier molecular flexibility index (Phi) is 6.36. The molecule has 0 aliphatic rings. The lowest BCUT2D eigenvalue weighted by Gasteiger charge is -2.15. The Balaban J connectivity index is 2.33. The first-order valence-electron chi connectivity index (χ1n) is 6.27. The molecule has 0 saturated carbocycles. The normalized spacial score (nSPS) is 12.5. The second-order valence-electron chi connectivity index (χ2n) is 4.70. The lowest BCUT2D eigenvalue weighted by atomic mass is 10.1. The highest BCUT2D eigenvalue weighted by Gasteiger charge is 2.07. The molecule has 0 aliphatic heterocycles. The van der Waals surface area contributed by atoms with E-state index in [0.29, 0.717) is 13.0 Å². The van der Waals surface area contributed by atoms with Crippen LogP contribution in [0.1, 0.15) is 38.8 Å². The molecule has 0 heterocycles. The van der Waals surface area contributed by atoms with Crippen molar-refractivity contribution in [2.24, 2.45) is 0 Å². The highest BCUT2D eigenvalue weighted by molar-refractivity contribution is 9.10. The van der Waals surface area contributed by atoms with E-state index in [1.54, 1.807) is 0 Å². The maximum Gasteiger partial charge on any atom is 0.221 e. The summed E-state index contributed by atoms with van der Waals surface area (Å²) >= 11 is 3.46. The summed E-state index contributed by atoms with van der Waals surface area (Å²) < 4.78 is 1.08. The number of benzene rings is 1. The van der Waals surface area contributed by atoms with Gasteiger partial charge in [-0.1, -0.05) is 28.1 Å². The Morgan fingerprint density at radius 1 is 1.33 bits per heavy atom. The number of hydrogen-bond acceptors (Lipinski definition) is 2. The number of rotatable bonds is 6. The third-order valence-corrected chi connectivity index (χ3v) is 3.09. The van der Waals surface area contributed by atoms with E-state index in [4.69, 9.17) is 0 Å². The van der Waals surface area contributed by atoms with Crippen LogP contribution >= 0.6 is 15.9 Å². The molecule has 2 N–H and O–H groups in total. The maximum absolute atomic E-state index is 11.5. The van der Waals surface area contributed by atoms with Crippen molar-refractivity contribution in [3.63, 3.8) is 0 Å². The van der Waals surface area contributed by atoms with Crippen molar-refractivity contribution in [3.05, 3.63) is 34.3 Å². The second kappa shape index (κ2) is 7.54. The van der Waals surface area contributed by atoms with E-state index < -0.39 is 0 Å². The average Bonchev–Trinajstić information content (AvgIpc) is 2.27.